The molecule has 0 saturated carbocycles. The average molecular weight is 252 g/mol. The Bertz CT molecular complexity index is 415. The van der Waals surface area contributed by atoms with Gasteiger partial charge in [-0.25, -0.2) is 0 Å². The van der Waals surface area contributed by atoms with Crippen molar-refractivity contribution in [1.82, 2.24) is 9.78 Å². The number of anilines is 2. The number of thioether (sulfide) groups is 1. The van der Waals surface area contributed by atoms with Gasteiger partial charge < -0.3 is 10.2 Å². The normalized spacial score (nSPS) is 23.6. The summed E-state index contributed by atoms with van der Waals surface area (Å²) in [7, 11) is 2.07. The van der Waals surface area contributed by atoms with E-state index < -0.39 is 0 Å². The molecule has 0 bridgehead atoms. The van der Waals surface area contributed by atoms with Gasteiger partial charge in [-0.15, -0.1) is 0 Å². The van der Waals surface area contributed by atoms with Crippen molar-refractivity contribution in [3.05, 3.63) is 5.69 Å². The molecule has 3 rings (SSSR count). The molecule has 1 N–H and O–H groups in total. The summed E-state index contributed by atoms with van der Waals surface area (Å²) in [6, 6.07) is 0.683. The Balaban J connectivity index is 2.05. The molecule has 2 aliphatic heterocycles. The van der Waals surface area contributed by atoms with Gasteiger partial charge >= 0.3 is 0 Å². The Morgan fingerprint density at radius 3 is 3.24 bits per heavy atom. The van der Waals surface area contributed by atoms with E-state index in [1.165, 1.54) is 35.1 Å². The third-order valence-electron chi connectivity index (χ3n) is 3.70. The summed E-state index contributed by atoms with van der Waals surface area (Å²) in [4.78, 5) is 2.57. The maximum Gasteiger partial charge on any atom is 0.150 e. The topological polar surface area (TPSA) is 33.1 Å². The number of hydrogen-bond donors (Lipinski definition) is 1. The summed E-state index contributed by atoms with van der Waals surface area (Å²) in [6.45, 7) is 4.42. The molecule has 0 aliphatic carbocycles. The third kappa shape index (κ3) is 1.80. The summed E-state index contributed by atoms with van der Waals surface area (Å²) in [6.07, 6.45) is 2.24. The van der Waals surface area contributed by atoms with E-state index in [4.69, 9.17) is 0 Å². The third-order valence-corrected chi connectivity index (χ3v) is 4.79. The van der Waals surface area contributed by atoms with Gasteiger partial charge in [0.25, 0.3) is 0 Å². The lowest BCUT2D eigenvalue weighted by atomic mass is 10.2. The quantitative estimate of drug-likeness (QED) is 0.825. The molecule has 17 heavy (non-hydrogen) atoms. The molecule has 5 heteroatoms. The van der Waals surface area contributed by atoms with Crippen molar-refractivity contribution in [2.45, 2.75) is 25.8 Å². The maximum absolute atomic E-state index is 4.65. The number of fused-ring (bicyclic) bond motifs is 3. The molecule has 1 aromatic rings. The van der Waals surface area contributed by atoms with Crippen LogP contribution in [-0.2, 0) is 13.5 Å². The minimum absolute atomic E-state index is 0.683. The van der Waals surface area contributed by atoms with Crippen molar-refractivity contribution in [2.75, 3.05) is 34.8 Å². The van der Waals surface area contributed by atoms with E-state index in [2.05, 4.69) is 45.7 Å². The van der Waals surface area contributed by atoms with Gasteiger partial charge in [0.2, 0.25) is 0 Å². The molecule has 0 aromatic carbocycles. The highest BCUT2D eigenvalue weighted by molar-refractivity contribution is 7.99. The number of hydrogen-bond acceptors (Lipinski definition) is 4. The SMILES string of the molecule is CCc1nn(C)c2c1NCCC1CSCCN21. The number of rotatable bonds is 1. The molecule has 0 radical (unpaired) electrons. The highest BCUT2D eigenvalue weighted by Crippen LogP contribution is 2.36. The van der Waals surface area contributed by atoms with Crippen LogP contribution >= 0.6 is 11.8 Å². The van der Waals surface area contributed by atoms with Crippen LogP contribution in [-0.4, -0.2) is 40.4 Å². The van der Waals surface area contributed by atoms with Gasteiger partial charge in [-0.3, -0.25) is 4.68 Å². The molecule has 1 fully saturated rings. The molecule has 1 aromatic heterocycles. The van der Waals surface area contributed by atoms with Crippen LogP contribution in [0.3, 0.4) is 0 Å². The minimum Gasteiger partial charge on any atom is -0.380 e. The van der Waals surface area contributed by atoms with Crippen LogP contribution in [0.4, 0.5) is 11.5 Å². The van der Waals surface area contributed by atoms with Crippen LogP contribution in [0, 0.1) is 0 Å². The van der Waals surface area contributed by atoms with Crippen LogP contribution in [0.1, 0.15) is 19.0 Å². The molecule has 1 unspecified atom stereocenters. The smallest absolute Gasteiger partial charge is 0.150 e. The van der Waals surface area contributed by atoms with Gasteiger partial charge in [0.05, 0.1) is 5.69 Å². The lowest BCUT2D eigenvalue weighted by Crippen LogP contribution is -2.43. The molecule has 4 nitrogen and oxygen atoms in total. The summed E-state index contributed by atoms with van der Waals surface area (Å²) in [5.41, 5.74) is 2.49. The van der Waals surface area contributed by atoms with Gasteiger partial charge in [-0.2, -0.15) is 16.9 Å². The van der Waals surface area contributed by atoms with E-state index in [0.717, 1.165) is 19.5 Å². The molecule has 1 saturated heterocycles. The van der Waals surface area contributed by atoms with E-state index in [0.29, 0.717) is 6.04 Å². The predicted octanol–water partition coefficient (Wildman–Crippen LogP) is 1.72. The second-order valence-electron chi connectivity index (χ2n) is 4.76. The molecule has 0 spiro atoms. The Kier molecular flexibility index (Phi) is 2.94. The molecule has 1 atom stereocenters. The van der Waals surface area contributed by atoms with E-state index in [1.54, 1.807) is 0 Å². The first-order chi connectivity index (χ1) is 8.31. The van der Waals surface area contributed by atoms with Gasteiger partial charge in [-0.1, -0.05) is 6.92 Å². The molecular weight excluding hydrogens is 232 g/mol. The molecular formula is C12H20N4S. The van der Waals surface area contributed by atoms with Gasteiger partial charge in [0, 0.05) is 37.7 Å². The van der Waals surface area contributed by atoms with Crippen LogP contribution < -0.4 is 10.2 Å². The van der Waals surface area contributed by atoms with Crippen LogP contribution in [0.5, 0.6) is 0 Å². The average Bonchev–Trinajstić information content (AvgIpc) is 2.56. The zero-order valence-electron chi connectivity index (χ0n) is 10.6. The maximum atomic E-state index is 4.65. The summed E-state index contributed by atoms with van der Waals surface area (Å²) in [5, 5.41) is 8.24. The monoisotopic (exact) mass is 252 g/mol. The Morgan fingerprint density at radius 2 is 2.41 bits per heavy atom. The minimum atomic E-state index is 0.683. The number of nitrogens with one attached hydrogen (secondary N) is 1. The zero-order valence-corrected chi connectivity index (χ0v) is 11.4. The molecule has 94 valence electrons. The van der Waals surface area contributed by atoms with Crippen LogP contribution in [0.2, 0.25) is 0 Å². The van der Waals surface area contributed by atoms with Crippen molar-refractivity contribution in [3.8, 4) is 0 Å². The van der Waals surface area contributed by atoms with E-state index in [-0.39, 0.29) is 0 Å². The fourth-order valence-electron chi connectivity index (χ4n) is 2.86. The van der Waals surface area contributed by atoms with Gasteiger partial charge in [-0.05, 0) is 12.8 Å². The number of nitrogens with zero attached hydrogens (tertiary/aromatic N) is 3. The summed E-state index contributed by atoms with van der Waals surface area (Å²) < 4.78 is 2.06. The van der Waals surface area contributed by atoms with Gasteiger partial charge in [0.1, 0.15) is 5.69 Å². The van der Waals surface area contributed by atoms with Crippen molar-refractivity contribution in [2.24, 2.45) is 7.05 Å². The largest absolute Gasteiger partial charge is 0.380 e. The first kappa shape index (κ1) is 11.3. The predicted molar refractivity (Wildman–Crippen MR) is 74.2 cm³/mol. The van der Waals surface area contributed by atoms with E-state index in [1.807, 2.05) is 0 Å². The molecule has 3 heterocycles. The van der Waals surface area contributed by atoms with E-state index in [9.17, 15) is 0 Å². The lowest BCUT2D eigenvalue weighted by molar-refractivity contribution is 0.596. The Hall–Kier alpha value is -0.840. The summed E-state index contributed by atoms with van der Waals surface area (Å²) >= 11 is 2.08. The highest BCUT2D eigenvalue weighted by Gasteiger charge is 2.31. The fraction of sp³-hybridized carbons (Fsp3) is 0.750. The zero-order chi connectivity index (χ0) is 11.8. The van der Waals surface area contributed by atoms with Crippen molar-refractivity contribution < 1.29 is 0 Å². The van der Waals surface area contributed by atoms with Crippen molar-refractivity contribution >= 4 is 23.3 Å². The van der Waals surface area contributed by atoms with Crippen LogP contribution in [0.15, 0.2) is 0 Å². The first-order valence-electron chi connectivity index (χ1n) is 6.45. The summed E-state index contributed by atoms with van der Waals surface area (Å²) in [5.74, 6) is 3.81. The van der Waals surface area contributed by atoms with Crippen molar-refractivity contribution in [3.63, 3.8) is 0 Å². The van der Waals surface area contributed by atoms with E-state index >= 15 is 0 Å². The number of aryl methyl sites for hydroxylation is 2. The van der Waals surface area contributed by atoms with Gasteiger partial charge in [0.15, 0.2) is 5.82 Å². The lowest BCUT2D eigenvalue weighted by Gasteiger charge is -2.35. The molecule has 0 amide bonds. The Labute approximate surface area is 107 Å². The highest BCUT2D eigenvalue weighted by atomic mass is 32.2. The fourth-order valence-corrected chi connectivity index (χ4v) is 3.98. The second kappa shape index (κ2) is 4.44. The van der Waals surface area contributed by atoms with Crippen LogP contribution in [0.25, 0.3) is 0 Å². The van der Waals surface area contributed by atoms with Crippen molar-refractivity contribution in [1.29, 1.82) is 0 Å². The first-order valence-corrected chi connectivity index (χ1v) is 7.61. The number of aromatic nitrogens is 2. The standard InChI is InChI=1S/C12H20N4S/c1-3-10-11-12(15(2)14-10)16-6-7-17-8-9(16)4-5-13-11/h9,13H,3-8H2,1-2H3. The Morgan fingerprint density at radius 1 is 1.53 bits per heavy atom. The molecule has 2 aliphatic rings. The second-order valence-corrected chi connectivity index (χ2v) is 5.91.